The Hall–Kier alpha value is -2.49. The molecule has 0 radical (unpaired) electrons. The Balaban J connectivity index is 1.94. The first-order valence-electron chi connectivity index (χ1n) is 6.72. The summed E-state index contributed by atoms with van der Waals surface area (Å²) in [6.07, 6.45) is 0. The molecule has 4 heteroatoms. The molecule has 0 unspecified atom stereocenters. The first kappa shape index (κ1) is 14.9. The van der Waals surface area contributed by atoms with Crippen LogP contribution in [0.5, 0.6) is 11.5 Å². The zero-order valence-corrected chi connectivity index (χ0v) is 12.5. The summed E-state index contributed by atoms with van der Waals surface area (Å²) in [6.45, 7) is 3.90. The minimum atomic E-state index is -0.188. The van der Waals surface area contributed by atoms with Gasteiger partial charge in [0.1, 0.15) is 11.5 Å². The lowest BCUT2D eigenvalue weighted by atomic mass is 10.1. The highest BCUT2D eigenvalue weighted by Gasteiger charge is 2.06. The monoisotopic (exact) mass is 285 g/mol. The van der Waals surface area contributed by atoms with Gasteiger partial charge < -0.3 is 14.8 Å². The van der Waals surface area contributed by atoms with Gasteiger partial charge in [-0.3, -0.25) is 4.79 Å². The third kappa shape index (κ3) is 4.24. The molecule has 0 aliphatic rings. The summed E-state index contributed by atoms with van der Waals surface area (Å²) in [4.78, 5) is 11.9. The van der Waals surface area contributed by atoms with E-state index in [1.807, 2.05) is 44.2 Å². The molecular weight excluding hydrogens is 266 g/mol. The van der Waals surface area contributed by atoms with Crippen molar-refractivity contribution >= 4 is 11.6 Å². The molecule has 0 aliphatic heterocycles. The maximum Gasteiger partial charge on any atom is 0.262 e. The molecule has 0 fully saturated rings. The molecule has 0 aliphatic carbocycles. The van der Waals surface area contributed by atoms with Crippen LogP contribution in [0.4, 0.5) is 5.69 Å². The van der Waals surface area contributed by atoms with Gasteiger partial charge in [0, 0.05) is 11.8 Å². The first-order valence-corrected chi connectivity index (χ1v) is 6.72. The Morgan fingerprint density at radius 2 is 1.86 bits per heavy atom. The summed E-state index contributed by atoms with van der Waals surface area (Å²) in [5.41, 5.74) is 2.94. The molecule has 110 valence electrons. The van der Waals surface area contributed by atoms with Crippen molar-refractivity contribution in [3.63, 3.8) is 0 Å². The number of ether oxygens (including phenoxy) is 2. The average Bonchev–Trinajstić information content (AvgIpc) is 2.49. The van der Waals surface area contributed by atoms with Crippen LogP contribution >= 0.6 is 0 Å². The summed E-state index contributed by atoms with van der Waals surface area (Å²) < 4.78 is 10.6. The Labute approximate surface area is 124 Å². The van der Waals surface area contributed by atoms with Crippen molar-refractivity contribution in [2.24, 2.45) is 0 Å². The number of methoxy groups -OCH3 is 1. The normalized spacial score (nSPS) is 10.0. The number of carbonyl (C=O) groups excluding carboxylic acids is 1. The second-order valence-electron chi connectivity index (χ2n) is 4.83. The van der Waals surface area contributed by atoms with Crippen LogP contribution in [0.25, 0.3) is 0 Å². The van der Waals surface area contributed by atoms with Crippen LogP contribution in [0.2, 0.25) is 0 Å². The quantitative estimate of drug-likeness (QED) is 0.916. The van der Waals surface area contributed by atoms with E-state index in [9.17, 15) is 4.79 Å². The minimum absolute atomic E-state index is 0.0411. The number of hydrogen-bond acceptors (Lipinski definition) is 3. The minimum Gasteiger partial charge on any atom is -0.497 e. The number of amides is 1. The molecule has 0 aromatic heterocycles. The third-order valence-corrected chi connectivity index (χ3v) is 3.08. The van der Waals surface area contributed by atoms with Crippen LogP contribution in [0.3, 0.4) is 0 Å². The second kappa shape index (κ2) is 6.79. The standard InChI is InChI=1S/C17H19NO3/c1-12-7-8-13(2)16(9-12)18-17(19)11-21-15-6-4-5-14(10-15)20-3/h4-10H,11H2,1-3H3,(H,18,19). The molecule has 0 saturated carbocycles. The molecule has 21 heavy (non-hydrogen) atoms. The lowest BCUT2D eigenvalue weighted by Gasteiger charge is -2.11. The predicted molar refractivity (Wildman–Crippen MR) is 83.0 cm³/mol. The van der Waals surface area contributed by atoms with Gasteiger partial charge in [-0.2, -0.15) is 0 Å². The van der Waals surface area contributed by atoms with E-state index in [2.05, 4.69) is 5.32 Å². The largest absolute Gasteiger partial charge is 0.497 e. The van der Waals surface area contributed by atoms with Crippen molar-refractivity contribution in [2.75, 3.05) is 19.0 Å². The molecule has 1 N–H and O–H groups in total. The third-order valence-electron chi connectivity index (χ3n) is 3.08. The topological polar surface area (TPSA) is 47.6 Å². The number of hydrogen-bond donors (Lipinski definition) is 1. The van der Waals surface area contributed by atoms with E-state index < -0.39 is 0 Å². The highest BCUT2D eigenvalue weighted by atomic mass is 16.5. The average molecular weight is 285 g/mol. The molecule has 0 saturated heterocycles. The fraction of sp³-hybridized carbons (Fsp3) is 0.235. The zero-order valence-electron chi connectivity index (χ0n) is 12.5. The molecule has 2 aromatic rings. The van der Waals surface area contributed by atoms with Crippen LogP contribution in [0.15, 0.2) is 42.5 Å². The summed E-state index contributed by atoms with van der Waals surface area (Å²) in [6, 6.07) is 13.1. The van der Waals surface area contributed by atoms with E-state index in [1.54, 1.807) is 19.2 Å². The number of rotatable bonds is 5. The molecular formula is C17H19NO3. The maximum absolute atomic E-state index is 11.9. The number of nitrogens with one attached hydrogen (secondary N) is 1. The summed E-state index contributed by atoms with van der Waals surface area (Å²) >= 11 is 0. The molecule has 4 nitrogen and oxygen atoms in total. The zero-order chi connectivity index (χ0) is 15.2. The Bertz CT molecular complexity index is 638. The van der Waals surface area contributed by atoms with Crippen molar-refractivity contribution in [3.05, 3.63) is 53.6 Å². The van der Waals surface area contributed by atoms with Crippen LogP contribution in [0.1, 0.15) is 11.1 Å². The van der Waals surface area contributed by atoms with Crippen molar-refractivity contribution in [3.8, 4) is 11.5 Å². The van der Waals surface area contributed by atoms with Gasteiger partial charge in [-0.25, -0.2) is 0 Å². The molecule has 2 rings (SSSR count). The SMILES string of the molecule is COc1cccc(OCC(=O)Nc2cc(C)ccc2C)c1. The fourth-order valence-electron chi connectivity index (χ4n) is 1.90. The number of carbonyl (C=O) groups is 1. The van der Waals surface area contributed by atoms with Crippen molar-refractivity contribution in [1.29, 1.82) is 0 Å². The molecule has 0 bridgehead atoms. The van der Waals surface area contributed by atoms with Crippen molar-refractivity contribution in [2.45, 2.75) is 13.8 Å². The van der Waals surface area contributed by atoms with Crippen LogP contribution in [0, 0.1) is 13.8 Å². The summed E-state index contributed by atoms with van der Waals surface area (Å²) in [5.74, 6) is 1.11. The van der Waals surface area contributed by atoms with Crippen LogP contribution in [-0.2, 0) is 4.79 Å². The van der Waals surface area contributed by atoms with Gasteiger partial charge in [-0.05, 0) is 43.2 Å². The lowest BCUT2D eigenvalue weighted by Crippen LogP contribution is -2.20. The molecule has 0 heterocycles. The van der Waals surface area contributed by atoms with E-state index in [1.165, 1.54) is 0 Å². The first-order chi connectivity index (χ1) is 10.1. The van der Waals surface area contributed by atoms with Crippen molar-refractivity contribution < 1.29 is 14.3 Å². The van der Waals surface area contributed by atoms with Gasteiger partial charge in [-0.1, -0.05) is 18.2 Å². The Morgan fingerprint density at radius 3 is 2.62 bits per heavy atom. The summed E-state index contributed by atoms with van der Waals surface area (Å²) in [5, 5.41) is 2.85. The fourth-order valence-corrected chi connectivity index (χ4v) is 1.90. The van der Waals surface area contributed by atoms with Gasteiger partial charge in [0.15, 0.2) is 6.61 Å². The second-order valence-corrected chi connectivity index (χ2v) is 4.83. The van der Waals surface area contributed by atoms with Gasteiger partial charge in [0.2, 0.25) is 0 Å². The van der Waals surface area contributed by atoms with E-state index in [0.717, 1.165) is 16.8 Å². The van der Waals surface area contributed by atoms with Gasteiger partial charge in [0.25, 0.3) is 5.91 Å². The molecule has 0 atom stereocenters. The predicted octanol–water partition coefficient (Wildman–Crippen LogP) is 3.33. The molecule has 0 spiro atoms. The van der Waals surface area contributed by atoms with Gasteiger partial charge in [-0.15, -0.1) is 0 Å². The van der Waals surface area contributed by atoms with Crippen LogP contribution in [-0.4, -0.2) is 19.6 Å². The van der Waals surface area contributed by atoms with E-state index in [-0.39, 0.29) is 12.5 Å². The van der Waals surface area contributed by atoms with Gasteiger partial charge in [0.05, 0.1) is 7.11 Å². The highest BCUT2D eigenvalue weighted by Crippen LogP contribution is 2.19. The smallest absolute Gasteiger partial charge is 0.262 e. The summed E-state index contributed by atoms with van der Waals surface area (Å²) in [7, 11) is 1.59. The number of benzene rings is 2. The van der Waals surface area contributed by atoms with Gasteiger partial charge >= 0.3 is 0 Å². The number of anilines is 1. The Morgan fingerprint density at radius 1 is 1.10 bits per heavy atom. The molecule has 1 amide bonds. The van der Waals surface area contributed by atoms with E-state index in [4.69, 9.17) is 9.47 Å². The Kier molecular flexibility index (Phi) is 4.82. The highest BCUT2D eigenvalue weighted by molar-refractivity contribution is 5.92. The van der Waals surface area contributed by atoms with Crippen molar-refractivity contribution in [1.82, 2.24) is 0 Å². The lowest BCUT2D eigenvalue weighted by molar-refractivity contribution is -0.118. The van der Waals surface area contributed by atoms with Crippen LogP contribution < -0.4 is 14.8 Å². The van der Waals surface area contributed by atoms with E-state index in [0.29, 0.717) is 11.5 Å². The number of aryl methyl sites for hydroxylation is 2. The van der Waals surface area contributed by atoms with E-state index >= 15 is 0 Å². The maximum atomic E-state index is 11.9. The molecule has 2 aromatic carbocycles.